The number of rotatable bonds is 8. The van der Waals surface area contributed by atoms with Crippen LogP contribution in [0.15, 0.2) is 48.5 Å². The first-order valence-corrected chi connectivity index (χ1v) is 8.26. The van der Waals surface area contributed by atoms with Gasteiger partial charge in [0, 0.05) is 18.6 Å². The van der Waals surface area contributed by atoms with Crippen molar-refractivity contribution in [3.8, 4) is 5.75 Å². The van der Waals surface area contributed by atoms with Gasteiger partial charge < -0.3 is 14.8 Å². The third kappa shape index (κ3) is 5.96. The average molecular weight is 393 g/mol. The lowest BCUT2D eigenvalue weighted by Crippen LogP contribution is -2.44. The van der Waals surface area contributed by atoms with Gasteiger partial charge in [-0.3, -0.25) is 14.9 Å². The summed E-state index contributed by atoms with van der Waals surface area (Å²) in [5.74, 6) is -1.02. The lowest BCUT2D eigenvalue weighted by molar-refractivity contribution is -0.384. The van der Waals surface area contributed by atoms with Crippen molar-refractivity contribution in [3.05, 3.63) is 69.2 Å². The maximum atomic E-state index is 12.1. The number of carbonyl (C=O) groups is 2. The zero-order chi connectivity index (χ0) is 19.8. The molecule has 0 fully saturated rings. The van der Waals surface area contributed by atoms with Gasteiger partial charge in [-0.2, -0.15) is 0 Å². The molecule has 0 radical (unpaired) electrons. The number of carbonyl (C=O) groups excluding carboxylic acids is 2. The first-order valence-electron chi connectivity index (χ1n) is 7.88. The van der Waals surface area contributed by atoms with Crippen molar-refractivity contribution in [2.45, 2.75) is 12.5 Å². The summed E-state index contributed by atoms with van der Waals surface area (Å²) in [5, 5.41) is 13.2. The van der Waals surface area contributed by atoms with Gasteiger partial charge in [0.1, 0.15) is 11.8 Å². The van der Waals surface area contributed by atoms with Crippen molar-refractivity contribution in [1.29, 1.82) is 0 Å². The number of non-ortho nitro benzene ring substituents is 1. The normalized spacial score (nSPS) is 11.3. The van der Waals surface area contributed by atoms with Gasteiger partial charge in [0.2, 0.25) is 0 Å². The van der Waals surface area contributed by atoms with Crippen LogP contribution in [0.2, 0.25) is 5.02 Å². The van der Waals surface area contributed by atoms with E-state index >= 15 is 0 Å². The third-order valence-corrected chi connectivity index (χ3v) is 3.88. The van der Waals surface area contributed by atoms with Crippen LogP contribution < -0.4 is 10.1 Å². The van der Waals surface area contributed by atoms with Crippen LogP contribution in [-0.2, 0) is 20.7 Å². The predicted octanol–water partition coefficient (Wildman–Crippen LogP) is 2.53. The molecule has 2 aromatic carbocycles. The lowest BCUT2D eigenvalue weighted by Gasteiger charge is -2.17. The second-order valence-corrected chi connectivity index (χ2v) is 5.90. The molecule has 1 N–H and O–H groups in total. The fraction of sp³-hybridized carbons (Fsp3) is 0.222. The summed E-state index contributed by atoms with van der Waals surface area (Å²) in [6, 6.07) is 11.9. The van der Waals surface area contributed by atoms with Crippen LogP contribution in [0.4, 0.5) is 5.69 Å². The molecule has 0 aliphatic carbocycles. The summed E-state index contributed by atoms with van der Waals surface area (Å²) in [7, 11) is 1.24. The zero-order valence-electron chi connectivity index (χ0n) is 14.4. The average Bonchev–Trinajstić information content (AvgIpc) is 2.66. The van der Waals surface area contributed by atoms with Crippen molar-refractivity contribution in [2.24, 2.45) is 0 Å². The van der Waals surface area contributed by atoms with Crippen molar-refractivity contribution < 1.29 is 24.0 Å². The smallest absolute Gasteiger partial charge is 0.328 e. The molecule has 9 heteroatoms. The minimum Gasteiger partial charge on any atom is -0.482 e. The second-order valence-electron chi connectivity index (χ2n) is 5.49. The molecule has 1 atom stereocenters. The molecular formula is C18H17ClN2O6. The Labute approximate surface area is 160 Å². The Morgan fingerprint density at radius 1 is 1.22 bits per heavy atom. The number of methoxy groups -OCH3 is 1. The van der Waals surface area contributed by atoms with E-state index in [4.69, 9.17) is 21.1 Å². The van der Waals surface area contributed by atoms with Crippen LogP contribution in [0.3, 0.4) is 0 Å². The Morgan fingerprint density at radius 2 is 1.93 bits per heavy atom. The van der Waals surface area contributed by atoms with Crippen LogP contribution >= 0.6 is 11.6 Å². The molecule has 0 saturated carbocycles. The molecule has 0 heterocycles. The Morgan fingerprint density at radius 3 is 2.52 bits per heavy atom. The molecule has 0 spiro atoms. The largest absolute Gasteiger partial charge is 0.482 e. The number of esters is 1. The first kappa shape index (κ1) is 20.2. The summed E-state index contributed by atoms with van der Waals surface area (Å²) in [4.78, 5) is 34.1. The van der Waals surface area contributed by atoms with E-state index in [1.54, 1.807) is 0 Å². The van der Waals surface area contributed by atoms with Crippen molar-refractivity contribution in [2.75, 3.05) is 13.7 Å². The van der Waals surface area contributed by atoms with E-state index in [0.717, 1.165) is 11.6 Å². The minimum absolute atomic E-state index is 0.00537. The minimum atomic E-state index is -0.874. The lowest BCUT2D eigenvalue weighted by atomic mass is 10.1. The quantitative estimate of drug-likeness (QED) is 0.420. The molecule has 1 amide bonds. The van der Waals surface area contributed by atoms with E-state index in [9.17, 15) is 19.7 Å². The van der Waals surface area contributed by atoms with E-state index in [1.165, 1.54) is 19.2 Å². The van der Waals surface area contributed by atoms with Crippen LogP contribution in [0.25, 0.3) is 0 Å². The Balaban J connectivity index is 1.97. The van der Waals surface area contributed by atoms with Gasteiger partial charge in [-0.25, -0.2) is 4.79 Å². The third-order valence-electron chi connectivity index (χ3n) is 3.59. The summed E-state index contributed by atoms with van der Waals surface area (Å²) < 4.78 is 10.0. The standard InChI is InChI=1S/C18H17ClN2O6/c1-26-18(23)15(9-12-5-3-2-4-6-12)20-17(22)11-27-16-8-7-13(21(24)25)10-14(16)19/h2-8,10,15H,9,11H2,1H3,(H,20,22)/t15-/m1/s1. The number of amides is 1. The number of nitrogens with one attached hydrogen (secondary N) is 1. The molecule has 0 bridgehead atoms. The van der Waals surface area contributed by atoms with Crippen LogP contribution in [0.5, 0.6) is 5.75 Å². The summed E-state index contributed by atoms with van der Waals surface area (Å²) in [5.41, 5.74) is 0.665. The van der Waals surface area contributed by atoms with E-state index in [1.807, 2.05) is 30.3 Å². The van der Waals surface area contributed by atoms with E-state index < -0.39 is 29.4 Å². The highest BCUT2D eigenvalue weighted by molar-refractivity contribution is 6.32. The predicted molar refractivity (Wildman–Crippen MR) is 97.7 cm³/mol. The van der Waals surface area contributed by atoms with Gasteiger partial charge in [0.15, 0.2) is 6.61 Å². The molecule has 2 aromatic rings. The number of halogens is 1. The molecule has 0 unspecified atom stereocenters. The fourth-order valence-electron chi connectivity index (χ4n) is 2.29. The number of nitrogens with zero attached hydrogens (tertiary/aromatic N) is 1. The molecular weight excluding hydrogens is 376 g/mol. The summed E-state index contributed by atoms with van der Waals surface area (Å²) in [6.07, 6.45) is 0.261. The van der Waals surface area contributed by atoms with Crippen molar-refractivity contribution in [3.63, 3.8) is 0 Å². The molecule has 0 aromatic heterocycles. The number of benzene rings is 2. The maximum absolute atomic E-state index is 12.1. The highest BCUT2D eigenvalue weighted by atomic mass is 35.5. The second kappa shape index (κ2) is 9.54. The van der Waals surface area contributed by atoms with Crippen LogP contribution in [0.1, 0.15) is 5.56 Å². The molecule has 2 rings (SSSR count). The van der Waals surface area contributed by atoms with Gasteiger partial charge in [-0.05, 0) is 11.6 Å². The summed E-state index contributed by atoms with van der Waals surface area (Å²) >= 11 is 5.91. The maximum Gasteiger partial charge on any atom is 0.328 e. The van der Waals surface area contributed by atoms with E-state index in [-0.39, 0.29) is 22.9 Å². The zero-order valence-corrected chi connectivity index (χ0v) is 15.1. The van der Waals surface area contributed by atoms with Gasteiger partial charge in [0.05, 0.1) is 17.1 Å². The Hall–Kier alpha value is -3.13. The van der Waals surface area contributed by atoms with Crippen LogP contribution in [0, 0.1) is 10.1 Å². The SMILES string of the molecule is COC(=O)[C@@H](Cc1ccccc1)NC(=O)COc1ccc([N+](=O)[O-])cc1Cl. The fourth-order valence-corrected chi connectivity index (χ4v) is 2.51. The van der Waals surface area contributed by atoms with Crippen molar-refractivity contribution >= 4 is 29.2 Å². The van der Waals surface area contributed by atoms with E-state index in [2.05, 4.69) is 5.32 Å². The number of nitro benzene ring substituents is 1. The van der Waals surface area contributed by atoms with Crippen LogP contribution in [-0.4, -0.2) is 36.6 Å². The molecule has 27 heavy (non-hydrogen) atoms. The molecule has 0 saturated heterocycles. The van der Waals surface area contributed by atoms with Crippen molar-refractivity contribution in [1.82, 2.24) is 5.32 Å². The molecule has 0 aliphatic rings. The van der Waals surface area contributed by atoms with E-state index in [0.29, 0.717) is 0 Å². The topological polar surface area (TPSA) is 108 Å². The number of nitro groups is 1. The highest BCUT2D eigenvalue weighted by Gasteiger charge is 2.22. The van der Waals surface area contributed by atoms with Gasteiger partial charge in [0.25, 0.3) is 11.6 Å². The number of hydrogen-bond donors (Lipinski definition) is 1. The Kier molecular flexibility index (Phi) is 7.13. The van der Waals surface area contributed by atoms with Gasteiger partial charge in [-0.15, -0.1) is 0 Å². The molecule has 0 aliphatic heterocycles. The van der Waals surface area contributed by atoms with Gasteiger partial charge in [-0.1, -0.05) is 41.9 Å². The van der Waals surface area contributed by atoms with Gasteiger partial charge >= 0.3 is 5.97 Å². The number of hydrogen-bond acceptors (Lipinski definition) is 6. The highest BCUT2D eigenvalue weighted by Crippen LogP contribution is 2.28. The summed E-state index contributed by atoms with van der Waals surface area (Å²) in [6.45, 7) is -0.417. The molecule has 142 valence electrons. The number of ether oxygens (including phenoxy) is 2. The monoisotopic (exact) mass is 392 g/mol. The first-order chi connectivity index (χ1) is 12.9. The Bertz CT molecular complexity index is 828. The molecule has 8 nitrogen and oxygen atoms in total.